The van der Waals surface area contributed by atoms with Crippen LogP contribution in [-0.2, 0) is 6.54 Å². The Hall–Kier alpha value is -3.34. The molecule has 0 atom stereocenters. The molecule has 1 amide bonds. The highest BCUT2D eigenvalue weighted by atomic mass is 16.5. The summed E-state index contributed by atoms with van der Waals surface area (Å²) in [5, 5.41) is 0. The molecule has 1 aromatic heterocycles. The molecule has 0 saturated carbocycles. The second-order valence-electron chi connectivity index (χ2n) is 6.71. The van der Waals surface area contributed by atoms with Crippen LogP contribution in [0.3, 0.4) is 0 Å². The molecule has 2 heterocycles. The number of carbonyl (C=O) groups excluding carboxylic acids is 1. The number of benzene rings is 2. The van der Waals surface area contributed by atoms with Crippen molar-refractivity contribution < 1.29 is 14.3 Å². The van der Waals surface area contributed by atoms with Crippen LogP contribution >= 0.6 is 0 Å². The number of rotatable bonds is 4. The highest BCUT2D eigenvalue weighted by molar-refractivity contribution is 6.06. The molecule has 0 unspecified atom stereocenters. The number of aryl methyl sites for hydroxylation is 1. The molecule has 1 aliphatic heterocycles. The summed E-state index contributed by atoms with van der Waals surface area (Å²) in [6, 6.07) is 19.0. The molecule has 4 rings (SSSR count). The highest BCUT2D eigenvalue weighted by Gasteiger charge is 2.22. The summed E-state index contributed by atoms with van der Waals surface area (Å²) in [6.45, 7) is 3.59. The van der Waals surface area contributed by atoms with E-state index >= 15 is 0 Å². The Balaban J connectivity index is 1.71. The molecule has 142 valence electrons. The van der Waals surface area contributed by atoms with Crippen molar-refractivity contribution in [2.24, 2.45) is 0 Å². The van der Waals surface area contributed by atoms with Gasteiger partial charge in [-0.1, -0.05) is 24.3 Å². The fraction of sp³-hybridized carbons (Fsp3) is 0.217. The Morgan fingerprint density at radius 3 is 2.57 bits per heavy atom. The van der Waals surface area contributed by atoms with Gasteiger partial charge in [0.25, 0.3) is 5.91 Å². The topological polar surface area (TPSA) is 51.7 Å². The van der Waals surface area contributed by atoms with Gasteiger partial charge in [0.2, 0.25) is 0 Å². The normalized spacial score (nSPS) is 12.9. The van der Waals surface area contributed by atoms with E-state index in [0.29, 0.717) is 36.8 Å². The van der Waals surface area contributed by atoms with Crippen molar-refractivity contribution in [1.82, 2.24) is 4.98 Å². The van der Waals surface area contributed by atoms with Crippen molar-refractivity contribution in [3.8, 4) is 11.5 Å². The number of pyridine rings is 1. The second kappa shape index (κ2) is 8.13. The van der Waals surface area contributed by atoms with Gasteiger partial charge in [0.1, 0.15) is 0 Å². The van der Waals surface area contributed by atoms with Gasteiger partial charge in [-0.3, -0.25) is 9.78 Å². The van der Waals surface area contributed by atoms with Crippen LogP contribution in [0, 0.1) is 6.92 Å². The Bertz CT molecular complexity index is 973. The predicted molar refractivity (Wildman–Crippen MR) is 108 cm³/mol. The summed E-state index contributed by atoms with van der Waals surface area (Å²) in [7, 11) is 0. The molecule has 5 heteroatoms. The maximum atomic E-state index is 13.5. The smallest absolute Gasteiger partial charge is 0.258 e. The van der Waals surface area contributed by atoms with Crippen molar-refractivity contribution in [3.63, 3.8) is 0 Å². The monoisotopic (exact) mass is 374 g/mol. The lowest BCUT2D eigenvalue weighted by atomic mass is 10.1. The van der Waals surface area contributed by atoms with Crippen LogP contribution in [0.1, 0.15) is 28.0 Å². The van der Waals surface area contributed by atoms with Gasteiger partial charge in [-0.05, 0) is 48.9 Å². The molecule has 0 radical (unpaired) electrons. The summed E-state index contributed by atoms with van der Waals surface area (Å²) in [4.78, 5) is 19.6. The van der Waals surface area contributed by atoms with E-state index in [1.54, 1.807) is 23.2 Å². The number of hydrogen-bond donors (Lipinski definition) is 0. The van der Waals surface area contributed by atoms with Gasteiger partial charge < -0.3 is 14.4 Å². The SMILES string of the molecule is Cc1ccccc1N(Cc1ccccn1)C(=O)c1ccc2c(c1)OCCCO2. The van der Waals surface area contributed by atoms with Gasteiger partial charge in [-0.2, -0.15) is 0 Å². The number of nitrogens with zero attached hydrogens (tertiary/aromatic N) is 2. The molecule has 3 aromatic rings. The van der Waals surface area contributed by atoms with Crippen molar-refractivity contribution in [1.29, 1.82) is 0 Å². The quantitative estimate of drug-likeness (QED) is 0.679. The van der Waals surface area contributed by atoms with Crippen LogP contribution in [-0.4, -0.2) is 24.1 Å². The lowest BCUT2D eigenvalue weighted by Crippen LogP contribution is -2.31. The van der Waals surface area contributed by atoms with Crippen LogP contribution in [0.25, 0.3) is 0 Å². The van der Waals surface area contributed by atoms with Crippen molar-refractivity contribution in [2.45, 2.75) is 19.9 Å². The van der Waals surface area contributed by atoms with Gasteiger partial charge in [-0.25, -0.2) is 0 Å². The van der Waals surface area contributed by atoms with Gasteiger partial charge in [0.05, 0.1) is 25.5 Å². The minimum absolute atomic E-state index is 0.101. The Morgan fingerprint density at radius 2 is 1.79 bits per heavy atom. The minimum Gasteiger partial charge on any atom is -0.490 e. The third-order valence-electron chi connectivity index (χ3n) is 4.69. The van der Waals surface area contributed by atoms with Crippen molar-refractivity contribution >= 4 is 11.6 Å². The summed E-state index contributed by atoms with van der Waals surface area (Å²) >= 11 is 0. The first-order chi connectivity index (χ1) is 13.7. The Labute approximate surface area is 164 Å². The second-order valence-corrected chi connectivity index (χ2v) is 6.71. The van der Waals surface area contributed by atoms with Crippen LogP contribution in [0.4, 0.5) is 5.69 Å². The van der Waals surface area contributed by atoms with Gasteiger partial charge >= 0.3 is 0 Å². The fourth-order valence-corrected chi connectivity index (χ4v) is 3.24. The van der Waals surface area contributed by atoms with Crippen molar-refractivity contribution in [3.05, 3.63) is 83.7 Å². The van der Waals surface area contributed by atoms with Crippen LogP contribution < -0.4 is 14.4 Å². The standard InChI is InChI=1S/C23H22N2O3/c1-17-7-2-3-9-20(17)25(16-19-8-4-5-12-24-19)23(26)18-10-11-21-22(15-18)28-14-6-13-27-21/h2-5,7-12,15H,6,13-14,16H2,1H3. The van der Waals surface area contributed by atoms with Crippen molar-refractivity contribution in [2.75, 3.05) is 18.1 Å². The molecule has 0 saturated heterocycles. The Morgan fingerprint density at radius 1 is 1.00 bits per heavy atom. The van der Waals surface area contributed by atoms with E-state index < -0.39 is 0 Å². The highest BCUT2D eigenvalue weighted by Crippen LogP contribution is 2.32. The number of anilines is 1. The molecule has 0 fully saturated rings. The fourth-order valence-electron chi connectivity index (χ4n) is 3.24. The first kappa shape index (κ1) is 18.0. The average Bonchev–Trinajstić information content (AvgIpc) is 2.98. The number of para-hydroxylation sites is 1. The number of fused-ring (bicyclic) bond motifs is 1. The number of amides is 1. The number of ether oxygens (including phenoxy) is 2. The molecule has 2 aromatic carbocycles. The predicted octanol–water partition coefficient (Wildman–Crippen LogP) is 4.40. The maximum Gasteiger partial charge on any atom is 0.258 e. The molecule has 28 heavy (non-hydrogen) atoms. The van der Waals surface area contributed by atoms with Gasteiger partial charge in [-0.15, -0.1) is 0 Å². The zero-order valence-corrected chi connectivity index (χ0v) is 15.8. The van der Waals surface area contributed by atoms with E-state index in [2.05, 4.69) is 4.98 Å². The van der Waals surface area contributed by atoms with Gasteiger partial charge in [0, 0.05) is 23.9 Å². The lowest BCUT2D eigenvalue weighted by molar-refractivity contribution is 0.0984. The molecule has 1 aliphatic rings. The molecule has 0 aliphatic carbocycles. The third kappa shape index (κ3) is 3.83. The van der Waals surface area contributed by atoms with E-state index in [1.165, 1.54) is 0 Å². The first-order valence-electron chi connectivity index (χ1n) is 9.39. The van der Waals surface area contributed by atoms with E-state index in [-0.39, 0.29) is 5.91 Å². The number of aromatic nitrogens is 1. The zero-order chi connectivity index (χ0) is 19.3. The largest absolute Gasteiger partial charge is 0.490 e. The number of hydrogen-bond acceptors (Lipinski definition) is 4. The van der Waals surface area contributed by atoms with E-state index in [0.717, 1.165) is 23.4 Å². The molecular weight excluding hydrogens is 352 g/mol. The lowest BCUT2D eigenvalue weighted by Gasteiger charge is -2.24. The third-order valence-corrected chi connectivity index (χ3v) is 4.69. The van der Waals surface area contributed by atoms with E-state index in [4.69, 9.17) is 9.47 Å². The number of carbonyl (C=O) groups is 1. The molecular formula is C23H22N2O3. The summed E-state index contributed by atoms with van der Waals surface area (Å²) in [5.41, 5.74) is 3.28. The molecule has 0 spiro atoms. The Kier molecular flexibility index (Phi) is 5.24. The summed E-state index contributed by atoms with van der Waals surface area (Å²) in [5.74, 6) is 1.20. The maximum absolute atomic E-state index is 13.5. The summed E-state index contributed by atoms with van der Waals surface area (Å²) < 4.78 is 11.4. The van der Waals surface area contributed by atoms with Crippen LogP contribution in [0.5, 0.6) is 11.5 Å². The van der Waals surface area contributed by atoms with Crippen LogP contribution in [0.2, 0.25) is 0 Å². The van der Waals surface area contributed by atoms with E-state index in [1.807, 2.05) is 55.5 Å². The summed E-state index contributed by atoms with van der Waals surface area (Å²) in [6.07, 6.45) is 2.57. The molecule has 5 nitrogen and oxygen atoms in total. The van der Waals surface area contributed by atoms with Gasteiger partial charge in [0.15, 0.2) is 11.5 Å². The van der Waals surface area contributed by atoms with Crippen LogP contribution in [0.15, 0.2) is 66.9 Å². The molecule has 0 N–H and O–H groups in total. The minimum atomic E-state index is -0.101. The van der Waals surface area contributed by atoms with E-state index in [9.17, 15) is 4.79 Å². The zero-order valence-electron chi connectivity index (χ0n) is 15.8. The average molecular weight is 374 g/mol. The first-order valence-corrected chi connectivity index (χ1v) is 9.39. The molecule has 0 bridgehead atoms.